The zero-order valence-electron chi connectivity index (χ0n) is 10.6. The zero-order valence-corrected chi connectivity index (χ0v) is 11.4. The lowest BCUT2D eigenvalue weighted by molar-refractivity contribution is -0.383. The molecule has 5 nitrogen and oxygen atoms in total. The predicted octanol–water partition coefficient (Wildman–Crippen LogP) is 3.09. The summed E-state index contributed by atoms with van der Waals surface area (Å²) in [6.45, 7) is 1.63. The molecular weight excluding hydrogens is 252 g/mol. The molecular formula is C12H18N2O3S. The van der Waals surface area contributed by atoms with Crippen LogP contribution in [0.4, 0.5) is 10.7 Å². The van der Waals surface area contributed by atoms with Crippen molar-refractivity contribution < 1.29 is 10.0 Å². The van der Waals surface area contributed by atoms with E-state index in [9.17, 15) is 15.2 Å². The van der Waals surface area contributed by atoms with Crippen LogP contribution in [0.5, 0.6) is 0 Å². The molecule has 6 heteroatoms. The van der Waals surface area contributed by atoms with Gasteiger partial charge in [-0.3, -0.25) is 10.1 Å². The van der Waals surface area contributed by atoms with E-state index in [-0.39, 0.29) is 10.6 Å². The first-order chi connectivity index (χ1) is 8.50. The first-order valence-electron chi connectivity index (χ1n) is 6.19. The van der Waals surface area contributed by atoms with Crippen LogP contribution in [-0.4, -0.2) is 23.1 Å². The molecule has 1 saturated carbocycles. The SMILES string of the molecule is C[C@H](O)c1cc([N+](=O)[O-])c(N(C)C2CCCC2)s1. The van der Waals surface area contributed by atoms with E-state index in [0.717, 1.165) is 12.8 Å². The first-order valence-corrected chi connectivity index (χ1v) is 7.01. The molecule has 100 valence electrons. The smallest absolute Gasteiger partial charge is 0.304 e. The highest BCUT2D eigenvalue weighted by atomic mass is 32.1. The Morgan fingerprint density at radius 1 is 1.56 bits per heavy atom. The van der Waals surface area contributed by atoms with Gasteiger partial charge in [-0.05, 0) is 19.8 Å². The van der Waals surface area contributed by atoms with Crippen molar-refractivity contribution in [3.05, 3.63) is 21.1 Å². The van der Waals surface area contributed by atoms with Crippen LogP contribution in [0.25, 0.3) is 0 Å². The van der Waals surface area contributed by atoms with Crippen molar-refractivity contribution in [2.45, 2.75) is 44.8 Å². The molecule has 1 fully saturated rings. The summed E-state index contributed by atoms with van der Waals surface area (Å²) < 4.78 is 0. The first kappa shape index (κ1) is 13.3. The Bertz CT molecular complexity index is 439. The molecule has 2 rings (SSSR count). The van der Waals surface area contributed by atoms with Gasteiger partial charge >= 0.3 is 5.69 Å². The summed E-state index contributed by atoms with van der Waals surface area (Å²) in [6.07, 6.45) is 3.92. The highest BCUT2D eigenvalue weighted by molar-refractivity contribution is 7.16. The number of aliphatic hydroxyl groups excluding tert-OH is 1. The van der Waals surface area contributed by atoms with Crippen LogP contribution in [0.3, 0.4) is 0 Å². The molecule has 0 spiro atoms. The molecule has 1 aliphatic carbocycles. The number of hydrogen-bond acceptors (Lipinski definition) is 5. The minimum atomic E-state index is -0.653. The molecule has 1 N–H and O–H groups in total. The Morgan fingerprint density at radius 2 is 2.17 bits per heavy atom. The van der Waals surface area contributed by atoms with E-state index in [2.05, 4.69) is 0 Å². The average Bonchev–Trinajstić information content (AvgIpc) is 2.97. The van der Waals surface area contributed by atoms with Crippen LogP contribution in [0.15, 0.2) is 6.07 Å². The summed E-state index contributed by atoms with van der Waals surface area (Å²) >= 11 is 1.33. The third-order valence-corrected chi connectivity index (χ3v) is 4.90. The molecule has 1 aliphatic rings. The molecule has 0 amide bonds. The molecule has 0 saturated heterocycles. The number of nitrogens with zero attached hydrogens (tertiary/aromatic N) is 2. The average molecular weight is 270 g/mol. The van der Waals surface area contributed by atoms with Gasteiger partial charge < -0.3 is 10.0 Å². The molecule has 1 aromatic heterocycles. The molecule has 1 atom stereocenters. The third kappa shape index (κ3) is 2.49. The van der Waals surface area contributed by atoms with Crippen molar-refractivity contribution in [2.75, 3.05) is 11.9 Å². The number of nitro groups is 1. The normalized spacial score (nSPS) is 17.9. The van der Waals surface area contributed by atoms with Gasteiger partial charge in [0, 0.05) is 24.0 Å². The van der Waals surface area contributed by atoms with E-state index in [1.165, 1.54) is 30.2 Å². The maximum absolute atomic E-state index is 11.1. The van der Waals surface area contributed by atoms with Crippen molar-refractivity contribution in [3.63, 3.8) is 0 Å². The molecule has 0 radical (unpaired) electrons. The monoisotopic (exact) mass is 270 g/mol. The van der Waals surface area contributed by atoms with Gasteiger partial charge in [0.15, 0.2) is 5.00 Å². The van der Waals surface area contributed by atoms with Crippen molar-refractivity contribution in [2.24, 2.45) is 0 Å². The van der Waals surface area contributed by atoms with E-state index in [1.807, 2.05) is 11.9 Å². The van der Waals surface area contributed by atoms with E-state index in [1.54, 1.807) is 6.92 Å². The van der Waals surface area contributed by atoms with E-state index in [4.69, 9.17) is 0 Å². The maximum Gasteiger partial charge on any atom is 0.304 e. The van der Waals surface area contributed by atoms with Gasteiger partial charge in [0.1, 0.15) is 0 Å². The number of rotatable bonds is 4. The van der Waals surface area contributed by atoms with Crippen LogP contribution in [0.1, 0.15) is 43.6 Å². The van der Waals surface area contributed by atoms with E-state index in [0.29, 0.717) is 15.9 Å². The lowest BCUT2D eigenvalue weighted by Gasteiger charge is -2.24. The largest absolute Gasteiger partial charge is 0.388 e. The van der Waals surface area contributed by atoms with Gasteiger partial charge in [-0.1, -0.05) is 12.8 Å². The second-order valence-electron chi connectivity index (χ2n) is 4.82. The number of hydrogen-bond donors (Lipinski definition) is 1. The van der Waals surface area contributed by atoms with E-state index < -0.39 is 6.10 Å². The Hall–Kier alpha value is -1.14. The second-order valence-corrected chi connectivity index (χ2v) is 5.88. The Morgan fingerprint density at radius 3 is 2.67 bits per heavy atom. The molecule has 1 heterocycles. The van der Waals surface area contributed by atoms with Crippen molar-refractivity contribution in [3.8, 4) is 0 Å². The van der Waals surface area contributed by atoms with Gasteiger partial charge in [-0.25, -0.2) is 0 Å². The van der Waals surface area contributed by atoms with Gasteiger partial charge in [0.05, 0.1) is 11.0 Å². The third-order valence-electron chi connectivity index (χ3n) is 3.51. The van der Waals surface area contributed by atoms with Gasteiger partial charge in [0.2, 0.25) is 0 Å². The lowest BCUT2D eigenvalue weighted by atomic mass is 10.2. The molecule has 0 bridgehead atoms. The highest BCUT2D eigenvalue weighted by Gasteiger charge is 2.28. The summed E-state index contributed by atoms with van der Waals surface area (Å²) in [5.74, 6) is 0. The minimum Gasteiger partial charge on any atom is -0.388 e. The summed E-state index contributed by atoms with van der Waals surface area (Å²) in [5, 5.41) is 21.3. The topological polar surface area (TPSA) is 66.6 Å². The lowest BCUT2D eigenvalue weighted by Crippen LogP contribution is -2.28. The van der Waals surface area contributed by atoms with E-state index >= 15 is 0 Å². The zero-order chi connectivity index (χ0) is 13.3. The second kappa shape index (κ2) is 5.24. The van der Waals surface area contributed by atoms with Crippen LogP contribution >= 0.6 is 11.3 Å². The summed E-state index contributed by atoms with van der Waals surface area (Å²) in [5.41, 5.74) is 0.116. The number of anilines is 1. The fourth-order valence-electron chi connectivity index (χ4n) is 2.44. The number of aliphatic hydroxyl groups is 1. The Labute approximate surface area is 110 Å². The Kier molecular flexibility index (Phi) is 3.87. The predicted molar refractivity (Wildman–Crippen MR) is 72.3 cm³/mol. The molecule has 0 aromatic carbocycles. The number of thiophene rings is 1. The quantitative estimate of drug-likeness (QED) is 0.674. The van der Waals surface area contributed by atoms with Crippen LogP contribution < -0.4 is 4.90 Å². The van der Waals surface area contributed by atoms with Gasteiger partial charge in [-0.2, -0.15) is 0 Å². The van der Waals surface area contributed by atoms with Crippen molar-refractivity contribution >= 4 is 22.0 Å². The molecule has 0 aliphatic heterocycles. The van der Waals surface area contributed by atoms with Gasteiger partial charge in [0.25, 0.3) is 0 Å². The van der Waals surface area contributed by atoms with Crippen LogP contribution in [-0.2, 0) is 0 Å². The van der Waals surface area contributed by atoms with Crippen LogP contribution in [0.2, 0.25) is 0 Å². The van der Waals surface area contributed by atoms with Crippen LogP contribution in [0, 0.1) is 10.1 Å². The molecule has 18 heavy (non-hydrogen) atoms. The fourth-order valence-corrected chi connectivity index (χ4v) is 3.53. The van der Waals surface area contributed by atoms with Gasteiger partial charge in [-0.15, -0.1) is 11.3 Å². The van der Waals surface area contributed by atoms with Crippen molar-refractivity contribution in [1.29, 1.82) is 0 Å². The summed E-state index contributed by atoms with van der Waals surface area (Å²) in [7, 11) is 1.92. The minimum absolute atomic E-state index is 0.116. The molecule has 0 unspecified atom stereocenters. The standard InChI is InChI=1S/C12H18N2O3S/c1-8(15)11-7-10(14(16)17)12(18-11)13(2)9-5-3-4-6-9/h7-9,15H,3-6H2,1-2H3/t8-/m0/s1. The molecule has 1 aromatic rings. The maximum atomic E-state index is 11.1. The fraction of sp³-hybridized carbons (Fsp3) is 0.667. The summed E-state index contributed by atoms with van der Waals surface area (Å²) in [6, 6.07) is 1.89. The Balaban J connectivity index is 2.32. The highest BCUT2D eigenvalue weighted by Crippen LogP contribution is 2.42. The summed E-state index contributed by atoms with van der Waals surface area (Å²) in [4.78, 5) is 13.4. The van der Waals surface area contributed by atoms with Crippen molar-refractivity contribution in [1.82, 2.24) is 0 Å².